The standard InChI is InChI=1S/C9H18O2/c1-3-9-5-4-6-10-8(2)7-11-9/h8-9H,3-7H2,1-2H3. The van der Waals surface area contributed by atoms with Gasteiger partial charge in [0.1, 0.15) is 0 Å². The normalized spacial score (nSPS) is 34.4. The van der Waals surface area contributed by atoms with Crippen molar-refractivity contribution < 1.29 is 9.47 Å². The number of hydrogen-bond donors (Lipinski definition) is 0. The Balaban J connectivity index is 2.25. The minimum atomic E-state index is 0.282. The summed E-state index contributed by atoms with van der Waals surface area (Å²) in [6.45, 7) is 5.91. The van der Waals surface area contributed by atoms with Crippen LogP contribution in [0.3, 0.4) is 0 Å². The fourth-order valence-electron chi connectivity index (χ4n) is 1.32. The Morgan fingerprint density at radius 2 is 2.18 bits per heavy atom. The van der Waals surface area contributed by atoms with Crippen LogP contribution in [-0.2, 0) is 9.47 Å². The molecule has 0 aromatic carbocycles. The van der Waals surface area contributed by atoms with Crippen molar-refractivity contribution in [2.45, 2.75) is 45.3 Å². The van der Waals surface area contributed by atoms with Gasteiger partial charge in [0.05, 0.1) is 18.8 Å². The van der Waals surface area contributed by atoms with Crippen LogP contribution in [0.1, 0.15) is 33.1 Å². The van der Waals surface area contributed by atoms with E-state index in [-0.39, 0.29) is 6.10 Å². The molecule has 0 aliphatic carbocycles. The smallest absolute Gasteiger partial charge is 0.0780 e. The zero-order chi connectivity index (χ0) is 8.10. The van der Waals surface area contributed by atoms with Crippen LogP contribution in [0.2, 0.25) is 0 Å². The van der Waals surface area contributed by atoms with Crippen molar-refractivity contribution in [3.05, 3.63) is 0 Å². The molecule has 2 unspecified atom stereocenters. The third-order valence-corrected chi connectivity index (χ3v) is 2.09. The molecule has 1 heterocycles. The molecule has 0 aromatic rings. The van der Waals surface area contributed by atoms with Crippen LogP contribution in [-0.4, -0.2) is 25.4 Å². The Morgan fingerprint density at radius 1 is 1.36 bits per heavy atom. The Labute approximate surface area is 68.9 Å². The summed E-state index contributed by atoms with van der Waals surface area (Å²) >= 11 is 0. The molecule has 0 saturated carbocycles. The lowest BCUT2D eigenvalue weighted by atomic mass is 10.1. The monoisotopic (exact) mass is 158 g/mol. The van der Waals surface area contributed by atoms with Gasteiger partial charge in [-0.15, -0.1) is 0 Å². The molecule has 11 heavy (non-hydrogen) atoms. The van der Waals surface area contributed by atoms with Crippen molar-refractivity contribution in [3.63, 3.8) is 0 Å². The number of ether oxygens (including phenoxy) is 2. The Hall–Kier alpha value is -0.0800. The summed E-state index contributed by atoms with van der Waals surface area (Å²) in [6.07, 6.45) is 4.18. The van der Waals surface area contributed by atoms with Crippen LogP contribution in [0.25, 0.3) is 0 Å². The molecule has 0 bridgehead atoms. The first-order valence-corrected chi connectivity index (χ1v) is 4.56. The van der Waals surface area contributed by atoms with Crippen LogP contribution in [0.15, 0.2) is 0 Å². The van der Waals surface area contributed by atoms with E-state index < -0.39 is 0 Å². The predicted octanol–water partition coefficient (Wildman–Crippen LogP) is 1.98. The molecule has 2 heteroatoms. The summed E-state index contributed by atoms with van der Waals surface area (Å²) in [6, 6.07) is 0. The van der Waals surface area contributed by atoms with Crippen LogP contribution >= 0.6 is 0 Å². The van der Waals surface area contributed by atoms with Crippen molar-refractivity contribution in [1.82, 2.24) is 0 Å². The summed E-state index contributed by atoms with van der Waals surface area (Å²) in [5, 5.41) is 0. The molecule has 0 amide bonds. The summed E-state index contributed by atoms with van der Waals surface area (Å²) in [5.41, 5.74) is 0. The van der Waals surface area contributed by atoms with E-state index in [0.717, 1.165) is 32.5 Å². The third-order valence-electron chi connectivity index (χ3n) is 2.09. The Kier molecular flexibility index (Phi) is 3.87. The number of rotatable bonds is 1. The van der Waals surface area contributed by atoms with Gasteiger partial charge in [-0.1, -0.05) is 6.92 Å². The first-order chi connectivity index (χ1) is 5.33. The zero-order valence-electron chi connectivity index (χ0n) is 7.51. The molecule has 66 valence electrons. The minimum absolute atomic E-state index is 0.282. The largest absolute Gasteiger partial charge is 0.376 e. The van der Waals surface area contributed by atoms with E-state index in [1.165, 1.54) is 0 Å². The maximum absolute atomic E-state index is 5.62. The maximum atomic E-state index is 5.62. The number of hydrogen-bond acceptors (Lipinski definition) is 2. The second kappa shape index (κ2) is 4.73. The summed E-state index contributed by atoms with van der Waals surface area (Å²) in [7, 11) is 0. The lowest BCUT2D eigenvalue weighted by Crippen LogP contribution is -2.25. The summed E-state index contributed by atoms with van der Waals surface area (Å²) in [4.78, 5) is 0. The van der Waals surface area contributed by atoms with Gasteiger partial charge < -0.3 is 9.47 Å². The highest BCUT2D eigenvalue weighted by Crippen LogP contribution is 2.11. The average Bonchev–Trinajstić information content (AvgIpc) is 1.98. The summed E-state index contributed by atoms with van der Waals surface area (Å²) < 4.78 is 11.1. The minimum Gasteiger partial charge on any atom is -0.376 e. The van der Waals surface area contributed by atoms with Gasteiger partial charge in [0.15, 0.2) is 0 Å². The molecular weight excluding hydrogens is 140 g/mol. The first kappa shape index (κ1) is 9.01. The molecule has 2 nitrogen and oxygen atoms in total. The van der Waals surface area contributed by atoms with Gasteiger partial charge in [0.25, 0.3) is 0 Å². The molecule has 2 atom stereocenters. The highest BCUT2D eigenvalue weighted by atomic mass is 16.5. The first-order valence-electron chi connectivity index (χ1n) is 4.56. The molecule has 1 aliphatic heterocycles. The van der Waals surface area contributed by atoms with E-state index >= 15 is 0 Å². The SMILES string of the molecule is CCC1CCCOC(C)CO1. The highest BCUT2D eigenvalue weighted by Gasteiger charge is 2.12. The molecule has 0 radical (unpaired) electrons. The van der Waals surface area contributed by atoms with Gasteiger partial charge in [-0.3, -0.25) is 0 Å². The van der Waals surface area contributed by atoms with Gasteiger partial charge in [-0.2, -0.15) is 0 Å². The van der Waals surface area contributed by atoms with Gasteiger partial charge in [0, 0.05) is 6.61 Å². The second-order valence-corrected chi connectivity index (χ2v) is 3.19. The molecule has 1 aliphatic rings. The lowest BCUT2D eigenvalue weighted by molar-refractivity contribution is -0.0630. The fourth-order valence-corrected chi connectivity index (χ4v) is 1.32. The average molecular weight is 158 g/mol. The topological polar surface area (TPSA) is 18.5 Å². The van der Waals surface area contributed by atoms with Crippen LogP contribution in [0, 0.1) is 0 Å². The van der Waals surface area contributed by atoms with Gasteiger partial charge in [-0.25, -0.2) is 0 Å². The molecule has 0 N–H and O–H groups in total. The van der Waals surface area contributed by atoms with Gasteiger partial charge >= 0.3 is 0 Å². The lowest BCUT2D eigenvalue weighted by Gasteiger charge is -2.23. The molecule has 1 fully saturated rings. The van der Waals surface area contributed by atoms with Gasteiger partial charge in [0.2, 0.25) is 0 Å². The van der Waals surface area contributed by atoms with Gasteiger partial charge in [-0.05, 0) is 26.2 Å². The molecule has 0 spiro atoms. The van der Waals surface area contributed by atoms with E-state index in [4.69, 9.17) is 9.47 Å². The third kappa shape index (κ3) is 3.21. The van der Waals surface area contributed by atoms with E-state index in [1.54, 1.807) is 0 Å². The van der Waals surface area contributed by atoms with Crippen LogP contribution < -0.4 is 0 Å². The second-order valence-electron chi connectivity index (χ2n) is 3.19. The van der Waals surface area contributed by atoms with E-state index in [0.29, 0.717) is 6.10 Å². The Morgan fingerprint density at radius 3 is 2.91 bits per heavy atom. The van der Waals surface area contributed by atoms with E-state index in [2.05, 4.69) is 13.8 Å². The van der Waals surface area contributed by atoms with Crippen molar-refractivity contribution in [1.29, 1.82) is 0 Å². The van der Waals surface area contributed by atoms with Crippen molar-refractivity contribution in [3.8, 4) is 0 Å². The van der Waals surface area contributed by atoms with Crippen LogP contribution in [0.4, 0.5) is 0 Å². The van der Waals surface area contributed by atoms with Crippen molar-refractivity contribution >= 4 is 0 Å². The van der Waals surface area contributed by atoms with Crippen molar-refractivity contribution in [2.75, 3.05) is 13.2 Å². The highest BCUT2D eigenvalue weighted by molar-refractivity contribution is 4.60. The van der Waals surface area contributed by atoms with E-state index in [1.807, 2.05) is 0 Å². The molecule has 1 saturated heterocycles. The Bertz CT molecular complexity index is 104. The molecular formula is C9H18O2. The zero-order valence-corrected chi connectivity index (χ0v) is 7.51. The quantitative estimate of drug-likeness (QED) is 0.581. The predicted molar refractivity (Wildman–Crippen MR) is 44.7 cm³/mol. The molecule has 0 aromatic heterocycles. The maximum Gasteiger partial charge on any atom is 0.0780 e. The van der Waals surface area contributed by atoms with Crippen molar-refractivity contribution in [2.24, 2.45) is 0 Å². The fraction of sp³-hybridized carbons (Fsp3) is 1.00. The van der Waals surface area contributed by atoms with E-state index in [9.17, 15) is 0 Å². The van der Waals surface area contributed by atoms with Crippen LogP contribution in [0.5, 0.6) is 0 Å². The summed E-state index contributed by atoms with van der Waals surface area (Å²) in [5.74, 6) is 0. The molecule has 1 rings (SSSR count).